The molecule has 1 aromatic carbocycles. The monoisotopic (exact) mass is 389 g/mol. The van der Waals surface area contributed by atoms with Gasteiger partial charge in [-0.05, 0) is 43.4 Å². The maximum absolute atomic E-state index is 4.58. The number of nitrogens with one attached hydrogen (secondary N) is 2. The van der Waals surface area contributed by atoms with Gasteiger partial charge in [0.15, 0.2) is 5.82 Å². The summed E-state index contributed by atoms with van der Waals surface area (Å²) in [5.41, 5.74) is 3.77. The molecule has 29 heavy (non-hydrogen) atoms. The van der Waals surface area contributed by atoms with Gasteiger partial charge in [-0.15, -0.1) is 0 Å². The SMILES string of the molecule is CN(C)c1cccc(C2CCCN2c2cc(Nc3cc(C4CC4)[nH]n3)ncn2)c1. The molecule has 3 aromatic rings. The number of hydrogen-bond donors (Lipinski definition) is 2. The molecule has 0 radical (unpaired) electrons. The van der Waals surface area contributed by atoms with E-state index in [1.54, 1.807) is 6.33 Å². The maximum atomic E-state index is 4.58. The minimum absolute atomic E-state index is 0.338. The van der Waals surface area contributed by atoms with E-state index in [-0.39, 0.29) is 0 Å². The van der Waals surface area contributed by atoms with Gasteiger partial charge in [-0.2, -0.15) is 5.10 Å². The number of benzene rings is 1. The number of H-pyrrole nitrogens is 1. The highest BCUT2D eigenvalue weighted by Gasteiger charge is 2.28. The third kappa shape index (κ3) is 3.77. The minimum Gasteiger partial charge on any atom is -0.378 e. The van der Waals surface area contributed by atoms with Crippen molar-refractivity contribution in [3.8, 4) is 0 Å². The average molecular weight is 390 g/mol. The van der Waals surface area contributed by atoms with Crippen molar-refractivity contribution in [2.24, 2.45) is 0 Å². The second-order valence-electron chi connectivity index (χ2n) is 8.21. The van der Waals surface area contributed by atoms with Crippen molar-refractivity contribution in [2.45, 2.75) is 37.6 Å². The van der Waals surface area contributed by atoms with Crippen LogP contribution >= 0.6 is 0 Å². The Balaban J connectivity index is 1.36. The molecule has 1 unspecified atom stereocenters. The Hall–Kier alpha value is -3.09. The van der Waals surface area contributed by atoms with Crippen molar-refractivity contribution in [2.75, 3.05) is 35.8 Å². The fourth-order valence-electron chi connectivity index (χ4n) is 4.11. The Morgan fingerprint density at radius 2 is 1.97 bits per heavy atom. The second-order valence-corrected chi connectivity index (χ2v) is 8.21. The van der Waals surface area contributed by atoms with E-state index in [1.165, 1.54) is 29.8 Å². The Morgan fingerprint density at radius 1 is 1.07 bits per heavy atom. The molecule has 2 aromatic heterocycles. The summed E-state index contributed by atoms with van der Waals surface area (Å²) in [4.78, 5) is 13.5. The van der Waals surface area contributed by atoms with Crippen molar-refractivity contribution in [1.29, 1.82) is 0 Å². The van der Waals surface area contributed by atoms with Gasteiger partial charge < -0.3 is 15.1 Å². The van der Waals surface area contributed by atoms with Gasteiger partial charge >= 0.3 is 0 Å². The van der Waals surface area contributed by atoms with Crippen LogP contribution in [0.4, 0.5) is 23.1 Å². The Bertz CT molecular complexity index is 992. The van der Waals surface area contributed by atoms with Crippen LogP contribution < -0.4 is 15.1 Å². The second kappa shape index (κ2) is 7.39. The van der Waals surface area contributed by atoms with Crippen molar-refractivity contribution in [3.05, 3.63) is 54.0 Å². The van der Waals surface area contributed by atoms with Crippen molar-refractivity contribution in [3.63, 3.8) is 0 Å². The number of hydrogen-bond acceptors (Lipinski definition) is 6. The minimum atomic E-state index is 0.338. The van der Waals surface area contributed by atoms with Crippen LogP contribution in [0, 0.1) is 0 Å². The summed E-state index contributed by atoms with van der Waals surface area (Å²) in [5, 5.41) is 10.8. The zero-order valence-corrected chi connectivity index (χ0v) is 17.0. The molecule has 0 spiro atoms. The van der Waals surface area contributed by atoms with E-state index in [0.29, 0.717) is 12.0 Å². The van der Waals surface area contributed by atoms with Gasteiger partial charge in [-0.25, -0.2) is 9.97 Å². The van der Waals surface area contributed by atoms with Gasteiger partial charge in [-0.3, -0.25) is 5.10 Å². The Labute approximate surface area is 171 Å². The summed E-state index contributed by atoms with van der Waals surface area (Å²) in [7, 11) is 4.16. The molecule has 0 bridgehead atoms. The van der Waals surface area contributed by atoms with Gasteiger partial charge in [0.05, 0.1) is 6.04 Å². The number of aromatic amines is 1. The summed E-state index contributed by atoms with van der Waals surface area (Å²) in [6.07, 6.45) is 6.44. The van der Waals surface area contributed by atoms with Crippen molar-refractivity contribution in [1.82, 2.24) is 20.2 Å². The van der Waals surface area contributed by atoms with Crippen LogP contribution in [-0.4, -0.2) is 40.8 Å². The first kappa shape index (κ1) is 18.0. The fraction of sp³-hybridized carbons (Fsp3) is 0.409. The van der Waals surface area contributed by atoms with Crippen LogP contribution in [-0.2, 0) is 0 Å². The van der Waals surface area contributed by atoms with E-state index >= 15 is 0 Å². The molecule has 3 heterocycles. The van der Waals surface area contributed by atoms with Gasteiger partial charge in [0.1, 0.15) is 18.0 Å². The molecule has 1 saturated heterocycles. The van der Waals surface area contributed by atoms with Crippen LogP contribution in [0.5, 0.6) is 0 Å². The largest absolute Gasteiger partial charge is 0.378 e. The highest BCUT2D eigenvalue weighted by molar-refractivity contribution is 5.58. The Kier molecular flexibility index (Phi) is 4.58. The predicted octanol–water partition coefficient (Wildman–Crippen LogP) is 4.23. The van der Waals surface area contributed by atoms with Gasteiger partial charge in [0.2, 0.25) is 0 Å². The topological polar surface area (TPSA) is 73.0 Å². The first-order chi connectivity index (χ1) is 14.2. The zero-order chi connectivity index (χ0) is 19.8. The molecule has 1 aliphatic heterocycles. The molecule has 2 N–H and O–H groups in total. The van der Waals surface area contributed by atoms with Crippen LogP contribution in [0.15, 0.2) is 42.7 Å². The number of nitrogens with zero attached hydrogens (tertiary/aromatic N) is 5. The van der Waals surface area contributed by atoms with Gasteiger partial charge in [-0.1, -0.05) is 12.1 Å². The molecule has 2 aliphatic rings. The molecular formula is C22H27N7. The molecule has 2 fully saturated rings. The first-order valence-electron chi connectivity index (χ1n) is 10.4. The molecule has 1 atom stereocenters. The van der Waals surface area contributed by atoms with E-state index in [0.717, 1.165) is 36.8 Å². The first-order valence-corrected chi connectivity index (χ1v) is 10.4. The average Bonchev–Trinajstić information content (AvgIpc) is 3.28. The molecule has 5 rings (SSSR count). The third-order valence-electron chi connectivity index (χ3n) is 5.84. The number of anilines is 4. The van der Waals surface area contributed by atoms with E-state index in [4.69, 9.17) is 0 Å². The molecule has 1 aliphatic carbocycles. The highest BCUT2D eigenvalue weighted by atomic mass is 15.3. The quantitative estimate of drug-likeness (QED) is 0.657. The summed E-state index contributed by atoms with van der Waals surface area (Å²) in [6.45, 7) is 1.00. The molecule has 0 amide bonds. The van der Waals surface area contributed by atoms with E-state index in [1.807, 2.05) is 6.07 Å². The third-order valence-corrected chi connectivity index (χ3v) is 5.84. The lowest BCUT2D eigenvalue weighted by Crippen LogP contribution is -2.24. The fourth-order valence-corrected chi connectivity index (χ4v) is 4.11. The molecule has 7 heteroatoms. The standard InChI is InChI=1S/C22H27N7/c1-28(2)17-6-3-5-16(11-17)19-7-4-10-29(19)22-13-20(23-14-24-22)25-21-12-18(26-27-21)15-8-9-15/h3,5-6,11-15,19H,4,7-10H2,1-2H3,(H2,23,24,25,26,27). The van der Waals surface area contributed by atoms with Gasteiger partial charge in [0, 0.05) is 50.1 Å². The highest BCUT2D eigenvalue weighted by Crippen LogP contribution is 2.40. The normalized spacial score (nSPS) is 18.8. The Morgan fingerprint density at radius 3 is 2.79 bits per heavy atom. The summed E-state index contributed by atoms with van der Waals surface area (Å²) in [6, 6.07) is 13.2. The smallest absolute Gasteiger partial charge is 0.153 e. The van der Waals surface area contributed by atoms with Crippen LogP contribution in [0.25, 0.3) is 0 Å². The molecule has 150 valence electrons. The number of rotatable bonds is 6. The van der Waals surface area contributed by atoms with E-state index < -0.39 is 0 Å². The van der Waals surface area contributed by atoms with Crippen LogP contribution in [0.2, 0.25) is 0 Å². The predicted molar refractivity (Wildman–Crippen MR) is 116 cm³/mol. The molecule has 7 nitrogen and oxygen atoms in total. The zero-order valence-electron chi connectivity index (χ0n) is 17.0. The molecular weight excluding hydrogens is 362 g/mol. The number of aromatic nitrogens is 4. The van der Waals surface area contributed by atoms with Gasteiger partial charge in [0.25, 0.3) is 0 Å². The summed E-state index contributed by atoms with van der Waals surface area (Å²) < 4.78 is 0. The van der Waals surface area contributed by atoms with E-state index in [2.05, 4.69) is 79.7 Å². The summed E-state index contributed by atoms with van der Waals surface area (Å²) in [5.74, 6) is 3.20. The van der Waals surface area contributed by atoms with E-state index in [9.17, 15) is 0 Å². The van der Waals surface area contributed by atoms with Crippen molar-refractivity contribution < 1.29 is 0 Å². The lowest BCUT2D eigenvalue weighted by Gasteiger charge is -2.27. The summed E-state index contributed by atoms with van der Waals surface area (Å²) >= 11 is 0. The lowest BCUT2D eigenvalue weighted by molar-refractivity contribution is 0.710. The maximum Gasteiger partial charge on any atom is 0.153 e. The van der Waals surface area contributed by atoms with Crippen LogP contribution in [0.3, 0.4) is 0 Å². The lowest BCUT2D eigenvalue weighted by atomic mass is 10.0. The van der Waals surface area contributed by atoms with Crippen molar-refractivity contribution >= 4 is 23.1 Å². The van der Waals surface area contributed by atoms with Crippen LogP contribution in [0.1, 0.15) is 48.9 Å². The molecule has 1 saturated carbocycles.